The van der Waals surface area contributed by atoms with Crippen LogP contribution in [0, 0.1) is 19.9 Å². The van der Waals surface area contributed by atoms with E-state index in [-0.39, 0.29) is 30.7 Å². The monoisotopic (exact) mass is 812 g/mol. The van der Waals surface area contributed by atoms with Crippen molar-refractivity contribution in [2.75, 3.05) is 0 Å². The number of allylic oxidation sites excluding steroid dienone is 4. The maximum absolute atomic E-state index is 3.57. The summed E-state index contributed by atoms with van der Waals surface area (Å²) in [5.74, 6) is 0.189. The summed E-state index contributed by atoms with van der Waals surface area (Å²) >= 11 is 1.46. The van der Waals surface area contributed by atoms with Gasteiger partial charge in [-0.2, -0.15) is 5.57 Å². The van der Waals surface area contributed by atoms with Crippen LogP contribution in [0.1, 0.15) is 44.9 Å². The zero-order chi connectivity index (χ0) is 35.7. The van der Waals surface area contributed by atoms with Crippen LogP contribution in [0.3, 0.4) is 0 Å². The standard InChI is InChI=1S/C23H17.C15H13.C13H10.2ClH.Zr/c1-4-10-18(11-5-1)21-16-17-22(19-12-6-2-7-13-19)23(21)20-14-8-3-9-15-20;1-10-3-5-14-12(7-10)9-13-8-11(2)4-6-15(13)14;1-3-7-12(8-4-1)11-13-9-5-2-6-10-13;;;/h1-16,22H;3-9H,1-2H3;1-10H;2*1H;/q2*-1;;;;+2/p-2. The SMILES string of the molecule is Cc1ccc2c(c1)[cH-]c1cc(C)ccc12.[C-]1=CC(c2ccccc2)=C(c2ccccc2)C1c1ccccc1.[Cl-].[Cl-].[Zr+2]=[C](c1ccccc1)c1ccccc1. The molecule has 1 aliphatic carbocycles. The fraction of sp³-hybridized carbons (Fsp3) is 0.0588. The summed E-state index contributed by atoms with van der Waals surface area (Å²) in [6.45, 7) is 4.28. The first-order valence-corrected chi connectivity index (χ1v) is 19.0. The Bertz CT molecular complexity index is 2370. The number of benzene rings is 7. The van der Waals surface area contributed by atoms with Crippen LogP contribution in [0.4, 0.5) is 0 Å². The van der Waals surface area contributed by atoms with Crippen molar-refractivity contribution in [2.24, 2.45) is 0 Å². The Morgan fingerprint density at radius 2 is 0.907 bits per heavy atom. The summed E-state index contributed by atoms with van der Waals surface area (Å²) in [5, 5.41) is 5.46. The molecule has 0 aliphatic heterocycles. The Hall–Kier alpha value is -4.78. The van der Waals surface area contributed by atoms with Crippen LogP contribution in [0.5, 0.6) is 0 Å². The van der Waals surface area contributed by atoms with Gasteiger partial charge in [0.2, 0.25) is 0 Å². The summed E-state index contributed by atoms with van der Waals surface area (Å²) < 4.78 is 1.42. The molecule has 0 spiro atoms. The van der Waals surface area contributed by atoms with Gasteiger partial charge in [0.1, 0.15) is 0 Å². The van der Waals surface area contributed by atoms with Crippen LogP contribution in [-0.4, -0.2) is 3.21 Å². The Morgan fingerprint density at radius 3 is 1.37 bits per heavy atom. The molecule has 0 amide bonds. The molecule has 1 aliphatic rings. The zero-order valence-corrected chi connectivity index (χ0v) is 34.4. The summed E-state index contributed by atoms with van der Waals surface area (Å²) in [4.78, 5) is 0. The molecule has 9 rings (SSSR count). The predicted molar refractivity (Wildman–Crippen MR) is 219 cm³/mol. The number of fused-ring (bicyclic) bond motifs is 3. The maximum atomic E-state index is 3.57. The van der Waals surface area contributed by atoms with E-state index < -0.39 is 0 Å². The zero-order valence-electron chi connectivity index (χ0n) is 30.4. The Kier molecular flexibility index (Phi) is 14.6. The van der Waals surface area contributed by atoms with Gasteiger partial charge < -0.3 is 24.8 Å². The topological polar surface area (TPSA) is 0 Å². The summed E-state index contributed by atoms with van der Waals surface area (Å²) in [6.07, 6.45) is 5.72. The molecule has 8 aromatic rings. The van der Waals surface area contributed by atoms with Gasteiger partial charge in [-0.25, -0.2) is 6.08 Å². The average Bonchev–Trinajstić information content (AvgIpc) is 3.81. The van der Waals surface area contributed by atoms with Crippen LogP contribution >= 0.6 is 0 Å². The van der Waals surface area contributed by atoms with Crippen molar-refractivity contribution in [1.29, 1.82) is 0 Å². The van der Waals surface area contributed by atoms with E-state index in [1.165, 1.54) is 99.1 Å². The van der Waals surface area contributed by atoms with E-state index in [1.807, 2.05) is 0 Å². The normalized spacial score (nSPS) is 12.9. The molecule has 0 nitrogen and oxygen atoms in total. The molecule has 0 saturated carbocycles. The van der Waals surface area contributed by atoms with Crippen molar-refractivity contribution >= 4 is 35.9 Å². The minimum absolute atomic E-state index is 0. The fourth-order valence-electron chi connectivity index (χ4n) is 6.83. The molecule has 264 valence electrons. The van der Waals surface area contributed by atoms with E-state index in [9.17, 15) is 0 Å². The van der Waals surface area contributed by atoms with E-state index in [2.05, 4.69) is 220 Å². The molecule has 0 fully saturated rings. The number of hydrogen-bond acceptors (Lipinski definition) is 0. The van der Waals surface area contributed by atoms with Crippen molar-refractivity contribution < 1.29 is 49.0 Å². The first kappa shape index (κ1) is 40.4. The van der Waals surface area contributed by atoms with Crippen LogP contribution in [0.2, 0.25) is 0 Å². The van der Waals surface area contributed by atoms with Crippen LogP contribution in [-0.2, 0) is 24.2 Å². The number of aryl methyl sites for hydroxylation is 2. The molecule has 54 heavy (non-hydrogen) atoms. The predicted octanol–water partition coefficient (Wildman–Crippen LogP) is 6.89. The van der Waals surface area contributed by atoms with Gasteiger partial charge >= 0.3 is 99.2 Å². The third-order valence-corrected chi connectivity index (χ3v) is 10.8. The van der Waals surface area contributed by atoms with E-state index in [1.54, 1.807) is 0 Å². The molecule has 1 atom stereocenters. The summed E-state index contributed by atoms with van der Waals surface area (Å²) in [6, 6.07) is 68.6. The quantitative estimate of drug-likeness (QED) is 0.166. The fourth-order valence-corrected chi connectivity index (χ4v) is 7.64. The van der Waals surface area contributed by atoms with Crippen molar-refractivity contribution in [3.05, 3.63) is 245 Å². The Labute approximate surface area is 347 Å². The van der Waals surface area contributed by atoms with Crippen molar-refractivity contribution in [3.8, 4) is 0 Å². The molecule has 8 aromatic carbocycles. The molecule has 1 unspecified atom stereocenters. The van der Waals surface area contributed by atoms with Crippen molar-refractivity contribution in [3.63, 3.8) is 0 Å². The average molecular weight is 815 g/mol. The number of rotatable bonds is 5. The number of halogens is 2. The third-order valence-electron chi connectivity index (χ3n) is 9.42. The first-order valence-electron chi connectivity index (χ1n) is 17.8. The molecule has 0 heterocycles. The second kappa shape index (κ2) is 19.5. The van der Waals surface area contributed by atoms with Gasteiger partial charge in [-0.1, -0.05) is 138 Å². The summed E-state index contributed by atoms with van der Waals surface area (Å²) in [7, 11) is 0. The molecule has 0 saturated heterocycles. The second-order valence-electron chi connectivity index (χ2n) is 13.1. The molecule has 0 radical (unpaired) electrons. The molecule has 0 N–H and O–H groups in total. The van der Waals surface area contributed by atoms with Gasteiger partial charge in [0.05, 0.1) is 0 Å². The second-order valence-corrected chi connectivity index (χ2v) is 14.4. The first-order chi connectivity index (χ1) is 25.5. The molecular weight excluding hydrogens is 775 g/mol. The molecule has 0 aromatic heterocycles. The van der Waals surface area contributed by atoms with Gasteiger partial charge in [0.15, 0.2) is 0 Å². The van der Waals surface area contributed by atoms with Gasteiger partial charge in [0, 0.05) is 0 Å². The Morgan fingerprint density at radius 1 is 0.500 bits per heavy atom. The minimum atomic E-state index is 0. The van der Waals surface area contributed by atoms with Gasteiger partial charge in [-0.3, -0.25) is 6.08 Å². The van der Waals surface area contributed by atoms with E-state index in [4.69, 9.17) is 0 Å². The molecule has 0 bridgehead atoms. The van der Waals surface area contributed by atoms with E-state index in [0.29, 0.717) is 0 Å². The van der Waals surface area contributed by atoms with E-state index in [0.717, 1.165) is 0 Å². The summed E-state index contributed by atoms with van der Waals surface area (Å²) in [5.41, 5.74) is 11.7. The van der Waals surface area contributed by atoms with Gasteiger partial charge in [-0.05, 0) is 19.4 Å². The van der Waals surface area contributed by atoms with Gasteiger partial charge in [-0.15, -0.1) is 50.9 Å². The van der Waals surface area contributed by atoms with Gasteiger partial charge in [0.25, 0.3) is 0 Å². The van der Waals surface area contributed by atoms with Crippen LogP contribution in [0.25, 0.3) is 32.7 Å². The number of hydrogen-bond donors (Lipinski definition) is 0. The van der Waals surface area contributed by atoms with Crippen molar-refractivity contribution in [2.45, 2.75) is 19.8 Å². The van der Waals surface area contributed by atoms with Crippen molar-refractivity contribution in [1.82, 2.24) is 0 Å². The molecular formula is C51H40Cl2Zr-2. The van der Waals surface area contributed by atoms with Crippen LogP contribution in [0.15, 0.2) is 200 Å². The van der Waals surface area contributed by atoms with Crippen LogP contribution < -0.4 is 24.8 Å². The Balaban J connectivity index is 0.000000159. The van der Waals surface area contributed by atoms with E-state index >= 15 is 0 Å². The third kappa shape index (κ3) is 9.66. The molecule has 3 heteroatoms.